The number of nitrogens with one attached hydrogen (secondary N) is 1. The van der Waals surface area contributed by atoms with Crippen LogP contribution in [0.25, 0.3) is 0 Å². The molecule has 2 N–H and O–H groups in total. The van der Waals surface area contributed by atoms with Crippen molar-refractivity contribution >= 4 is 16.2 Å². The lowest BCUT2D eigenvalue weighted by molar-refractivity contribution is -0.140. The van der Waals surface area contributed by atoms with Gasteiger partial charge in [0.15, 0.2) is 0 Å². The lowest BCUT2D eigenvalue weighted by atomic mass is 10.0. The SMILES string of the molecule is CC(C)[C@@H](NS(=O)(=O)N1CCc2ccccc2C1)C(=O)O. The number of aliphatic carboxylic acids is 1. The molecule has 21 heavy (non-hydrogen) atoms. The highest BCUT2D eigenvalue weighted by atomic mass is 32.2. The van der Waals surface area contributed by atoms with Crippen LogP contribution in [0.1, 0.15) is 25.0 Å². The minimum absolute atomic E-state index is 0.274. The normalized spacial score (nSPS) is 17.5. The predicted molar refractivity (Wildman–Crippen MR) is 78.9 cm³/mol. The summed E-state index contributed by atoms with van der Waals surface area (Å²) >= 11 is 0. The third kappa shape index (κ3) is 3.61. The van der Waals surface area contributed by atoms with E-state index in [-0.39, 0.29) is 12.5 Å². The molecule has 0 fully saturated rings. The Morgan fingerprint density at radius 2 is 1.90 bits per heavy atom. The van der Waals surface area contributed by atoms with Crippen molar-refractivity contribution in [1.29, 1.82) is 0 Å². The van der Waals surface area contributed by atoms with Crippen LogP contribution >= 0.6 is 0 Å². The molecule has 0 radical (unpaired) electrons. The van der Waals surface area contributed by atoms with Crippen molar-refractivity contribution in [3.8, 4) is 0 Å². The monoisotopic (exact) mass is 312 g/mol. The first-order chi connectivity index (χ1) is 9.81. The lowest BCUT2D eigenvalue weighted by Crippen LogP contribution is -2.51. The molecule has 6 nitrogen and oxygen atoms in total. The van der Waals surface area contributed by atoms with Gasteiger partial charge >= 0.3 is 5.97 Å². The quantitative estimate of drug-likeness (QED) is 0.849. The molecule has 7 heteroatoms. The number of benzene rings is 1. The summed E-state index contributed by atoms with van der Waals surface area (Å²) in [5.41, 5.74) is 2.10. The first-order valence-electron chi connectivity index (χ1n) is 6.88. The summed E-state index contributed by atoms with van der Waals surface area (Å²) in [6.07, 6.45) is 0.635. The number of hydrogen-bond donors (Lipinski definition) is 2. The van der Waals surface area contributed by atoms with E-state index in [1.54, 1.807) is 13.8 Å². The Balaban J connectivity index is 2.16. The van der Waals surface area contributed by atoms with Gasteiger partial charge < -0.3 is 5.11 Å². The van der Waals surface area contributed by atoms with Crippen LogP contribution in [-0.2, 0) is 28.0 Å². The van der Waals surface area contributed by atoms with Crippen LogP contribution in [0.3, 0.4) is 0 Å². The van der Waals surface area contributed by atoms with E-state index in [4.69, 9.17) is 5.11 Å². The van der Waals surface area contributed by atoms with Crippen molar-refractivity contribution in [3.63, 3.8) is 0 Å². The number of carboxylic acid groups (broad SMARTS) is 1. The van der Waals surface area contributed by atoms with Gasteiger partial charge in [0.1, 0.15) is 6.04 Å². The van der Waals surface area contributed by atoms with Crippen molar-refractivity contribution in [2.45, 2.75) is 32.9 Å². The van der Waals surface area contributed by atoms with E-state index in [0.717, 1.165) is 11.1 Å². The second-order valence-electron chi connectivity index (χ2n) is 5.54. The van der Waals surface area contributed by atoms with Gasteiger partial charge in [0.25, 0.3) is 10.2 Å². The van der Waals surface area contributed by atoms with Crippen LogP contribution in [0.4, 0.5) is 0 Å². The first-order valence-corrected chi connectivity index (χ1v) is 8.32. The van der Waals surface area contributed by atoms with Crippen LogP contribution in [0.5, 0.6) is 0 Å². The Labute approximate surface area is 125 Å². The zero-order valence-electron chi connectivity index (χ0n) is 12.1. The lowest BCUT2D eigenvalue weighted by Gasteiger charge is -2.30. The molecule has 1 atom stereocenters. The van der Waals surface area contributed by atoms with E-state index in [1.807, 2.05) is 24.3 Å². The predicted octanol–water partition coefficient (Wildman–Crippen LogP) is 0.988. The van der Waals surface area contributed by atoms with Crippen molar-refractivity contribution in [3.05, 3.63) is 35.4 Å². The molecule has 1 aliphatic rings. The summed E-state index contributed by atoms with van der Waals surface area (Å²) in [6, 6.07) is 6.57. The molecule has 0 saturated heterocycles. The minimum Gasteiger partial charge on any atom is -0.480 e. The molecule has 1 aromatic carbocycles. The Morgan fingerprint density at radius 3 is 2.48 bits per heavy atom. The van der Waals surface area contributed by atoms with Gasteiger partial charge in [0.05, 0.1) is 0 Å². The molecule has 116 valence electrons. The summed E-state index contributed by atoms with van der Waals surface area (Å²) in [7, 11) is -3.81. The third-order valence-corrected chi connectivity index (χ3v) is 5.19. The number of carbonyl (C=O) groups is 1. The molecule has 2 rings (SSSR count). The molecule has 0 amide bonds. The number of rotatable bonds is 5. The summed E-state index contributed by atoms with van der Waals surface area (Å²) < 4.78 is 28.3. The maximum absolute atomic E-state index is 12.4. The van der Waals surface area contributed by atoms with E-state index in [9.17, 15) is 13.2 Å². The van der Waals surface area contributed by atoms with Crippen molar-refractivity contribution < 1.29 is 18.3 Å². The fraction of sp³-hybridized carbons (Fsp3) is 0.500. The van der Waals surface area contributed by atoms with Crippen LogP contribution < -0.4 is 4.72 Å². The topological polar surface area (TPSA) is 86.7 Å². The van der Waals surface area contributed by atoms with Gasteiger partial charge in [-0.2, -0.15) is 17.4 Å². The molecule has 0 bridgehead atoms. The van der Waals surface area contributed by atoms with Crippen molar-refractivity contribution in [2.75, 3.05) is 6.54 Å². The summed E-state index contributed by atoms with van der Waals surface area (Å²) in [5, 5.41) is 9.12. The molecular weight excluding hydrogens is 292 g/mol. The van der Waals surface area contributed by atoms with Gasteiger partial charge in [-0.05, 0) is 23.5 Å². The average Bonchev–Trinajstić information content (AvgIpc) is 2.43. The van der Waals surface area contributed by atoms with E-state index in [2.05, 4.69) is 4.72 Å². The highest BCUT2D eigenvalue weighted by Crippen LogP contribution is 2.20. The van der Waals surface area contributed by atoms with Gasteiger partial charge in [0, 0.05) is 13.1 Å². The average molecular weight is 312 g/mol. The second kappa shape index (κ2) is 6.13. The number of nitrogens with zero attached hydrogens (tertiary/aromatic N) is 1. The maximum atomic E-state index is 12.4. The van der Waals surface area contributed by atoms with Gasteiger partial charge in [-0.25, -0.2) is 0 Å². The van der Waals surface area contributed by atoms with Crippen LogP contribution in [0, 0.1) is 5.92 Å². The fourth-order valence-corrected chi connectivity index (χ4v) is 3.87. The fourth-order valence-electron chi connectivity index (χ4n) is 2.38. The minimum atomic E-state index is -3.81. The van der Waals surface area contributed by atoms with Gasteiger partial charge in [-0.15, -0.1) is 0 Å². The molecule has 0 aliphatic carbocycles. The van der Waals surface area contributed by atoms with Crippen molar-refractivity contribution in [2.24, 2.45) is 5.92 Å². The second-order valence-corrected chi connectivity index (χ2v) is 7.24. The maximum Gasteiger partial charge on any atom is 0.322 e. The van der Waals surface area contributed by atoms with Gasteiger partial charge in [-0.1, -0.05) is 38.1 Å². The van der Waals surface area contributed by atoms with E-state index in [0.29, 0.717) is 13.0 Å². The summed E-state index contributed by atoms with van der Waals surface area (Å²) in [4.78, 5) is 11.2. The van der Waals surface area contributed by atoms with Crippen LogP contribution in [0.15, 0.2) is 24.3 Å². The first kappa shape index (κ1) is 15.9. The largest absolute Gasteiger partial charge is 0.480 e. The molecule has 0 saturated carbocycles. The summed E-state index contributed by atoms with van der Waals surface area (Å²) in [6.45, 7) is 3.98. The molecule has 0 aromatic heterocycles. The number of fused-ring (bicyclic) bond motifs is 1. The smallest absolute Gasteiger partial charge is 0.322 e. The molecule has 0 unspecified atom stereocenters. The van der Waals surface area contributed by atoms with Gasteiger partial charge in [0.2, 0.25) is 0 Å². The van der Waals surface area contributed by atoms with E-state index < -0.39 is 22.2 Å². The zero-order valence-corrected chi connectivity index (χ0v) is 12.9. The van der Waals surface area contributed by atoms with E-state index >= 15 is 0 Å². The molecule has 1 heterocycles. The number of hydrogen-bond acceptors (Lipinski definition) is 3. The van der Waals surface area contributed by atoms with Crippen LogP contribution in [-0.4, -0.2) is 36.4 Å². The van der Waals surface area contributed by atoms with E-state index in [1.165, 1.54) is 4.31 Å². The molecule has 1 aromatic rings. The highest BCUT2D eigenvalue weighted by molar-refractivity contribution is 7.87. The Kier molecular flexibility index (Phi) is 4.65. The van der Waals surface area contributed by atoms with Crippen molar-refractivity contribution in [1.82, 2.24) is 9.03 Å². The number of carboxylic acids is 1. The molecule has 1 aliphatic heterocycles. The van der Waals surface area contributed by atoms with Crippen LogP contribution in [0.2, 0.25) is 0 Å². The van der Waals surface area contributed by atoms with Gasteiger partial charge in [-0.3, -0.25) is 4.79 Å². The standard InChI is InChI=1S/C14H20N2O4S/c1-10(2)13(14(17)18)15-21(19,20)16-8-7-11-5-3-4-6-12(11)9-16/h3-6,10,13,15H,7-9H2,1-2H3,(H,17,18)/t13-/m1/s1. The zero-order chi connectivity index (χ0) is 15.6. The Bertz CT molecular complexity index is 628. The summed E-state index contributed by atoms with van der Waals surface area (Å²) in [5.74, 6) is -1.49. The Hall–Kier alpha value is -1.44. The molecule has 0 spiro atoms. The molecular formula is C14H20N2O4S. The third-order valence-electron chi connectivity index (χ3n) is 3.64. The highest BCUT2D eigenvalue weighted by Gasteiger charge is 2.32. The Morgan fingerprint density at radius 1 is 1.29 bits per heavy atom.